The molecule has 0 saturated heterocycles. The van der Waals surface area contributed by atoms with E-state index in [0.29, 0.717) is 5.69 Å². The van der Waals surface area contributed by atoms with Gasteiger partial charge in [0.2, 0.25) is 15.9 Å². The van der Waals surface area contributed by atoms with Crippen LogP contribution in [-0.4, -0.2) is 25.4 Å². The lowest BCUT2D eigenvalue weighted by atomic mass is 10.0. The molecule has 0 spiro atoms. The fourth-order valence-electron chi connectivity index (χ4n) is 2.77. The number of aromatic nitrogens is 1. The molecule has 2 aromatic carbocycles. The quantitative estimate of drug-likeness (QED) is 0.593. The van der Waals surface area contributed by atoms with Crippen molar-refractivity contribution < 1.29 is 13.2 Å². The van der Waals surface area contributed by atoms with E-state index in [-0.39, 0.29) is 10.8 Å². The van der Waals surface area contributed by atoms with Gasteiger partial charge in [-0.15, -0.1) is 11.3 Å². The molecule has 0 unspecified atom stereocenters. The smallest absolute Gasteiger partial charge is 0.242 e. The lowest BCUT2D eigenvalue weighted by molar-refractivity contribution is -0.118. The van der Waals surface area contributed by atoms with E-state index >= 15 is 0 Å². The molecule has 6 nitrogen and oxygen atoms in total. The second-order valence-corrected chi connectivity index (χ2v) is 9.75. The maximum Gasteiger partial charge on any atom is 0.242 e. The van der Waals surface area contributed by atoms with Crippen molar-refractivity contribution in [2.45, 2.75) is 31.7 Å². The summed E-state index contributed by atoms with van der Waals surface area (Å²) in [5.74, 6) is -0.637. The number of hydrogen-bond donors (Lipinski definition) is 2. The van der Waals surface area contributed by atoms with Crippen molar-refractivity contribution in [2.24, 2.45) is 5.92 Å². The van der Waals surface area contributed by atoms with Crippen molar-refractivity contribution >= 4 is 33.0 Å². The van der Waals surface area contributed by atoms with Crippen LogP contribution in [0.5, 0.6) is 0 Å². The van der Waals surface area contributed by atoms with Gasteiger partial charge in [-0.05, 0) is 37.1 Å². The zero-order valence-corrected chi connectivity index (χ0v) is 18.0. The number of nitrogens with one attached hydrogen (secondary N) is 2. The molecule has 152 valence electrons. The van der Waals surface area contributed by atoms with E-state index in [4.69, 9.17) is 0 Å². The maximum atomic E-state index is 12.8. The van der Waals surface area contributed by atoms with Crippen LogP contribution in [0.1, 0.15) is 18.9 Å². The van der Waals surface area contributed by atoms with E-state index in [1.165, 1.54) is 12.1 Å². The third-order valence-electron chi connectivity index (χ3n) is 4.35. The molecule has 8 heteroatoms. The summed E-state index contributed by atoms with van der Waals surface area (Å²) >= 11 is 1.58. The number of nitrogens with zero attached hydrogens (tertiary/aromatic N) is 1. The Hall–Kier alpha value is -2.55. The number of rotatable bonds is 7. The number of carbonyl (C=O) groups excluding carboxylic acids is 1. The summed E-state index contributed by atoms with van der Waals surface area (Å²) < 4.78 is 27.7. The highest BCUT2D eigenvalue weighted by Crippen LogP contribution is 2.23. The summed E-state index contributed by atoms with van der Waals surface area (Å²) in [6, 6.07) is 14.4. The normalized spacial score (nSPS) is 12.7. The van der Waals surface area contributed by atoms with Crippen LogP contribution in [0.2, 0.25) is 0 Å². The Kier molecular flexibility index (Phi) is 6.46. The fraction of sp³-hybridized carbons (Fsp3) is 0.238. The van der Waals surface area contributed by atoms with Crippen molar-refractivity contribution in [3.8, 4) is 11.3 Å². The number of amides is 1. The van der Waals surface area contributed by atoms with E-state index in [1.807, 2.05) is 24.4 Å². The Balaban J connectivity index is 1.73. The van der Waals surface area contributed by atoms with Crippen LogP contribution in [0, 0.1) is 12.8 Å². The molecule has 0 saturated carbocycles. The Morgan fingerprint density at radius 2 is 1.69 bits per heavy atom. The minimum absolute atomic E-state index is 0.126. The second kappa shape index (κ2) is 8.86. The monoisotopic (exact) mass is 429 g/mol. The lowest BCUT2D eigenvalue weighted by Crippen LogP contribution is -2.47. The Labute approximate surface area is 175 Å². The largest absolute Gasteiger partial charge is 0.325 e. The van der Waals surface area contributed by atoms with Crippen LogP contribution >= 0.6 is 11.3 Å². The van der Waals surface area contributed by atoms with Crippen LogP contribution in [-0.2, 0) is 14.8 Å². The first-order valence-corrected chi connectivity index (χ1v) is 11.5. The Morgan fingerprint density at radius 1 is 1.03 bits per heavy atom. The fourth-order valence-corrected chi connectivity index (χ4v) is 4.75. The van der Waals surface area contributed by atoms with Gasteiger partial charge in [-0.3, -0.25) is 4.79 Å². The molecular weight excluding hydrogens is 406 g/mol. The standard InChI is InChI=1S/C21H23N3O3S2/c1-14(2)20(24-29(26,27)18-7-5-4-6-8-18)21(25)23-17-11-9-16(10-12-17)19-13-28-15(3)22-19/h4-14,20,24H,1-3H3,(H,23,25)/t20-/m0/s1. The minimum atomic E-state index is -3.80. The maximum absolute atomic E-state index is 12.8. The zero-order chi connectivity index (χ0) is 21.0. The zero-order valence-electron chi connectivity index (χ0n) is 16.4. The van der Waals surface area contributed by atoms with Gasteiger partial charge >= 0.3 is 0 Å². The number of carbonyl (C=O) groups is 1. The third-order valence-corrected chi connectivity index (χ3v) is 6.58. The highest BCUT2D eigenvalue weighted by molar-refractivity contribution is 7.89. The summed E-state index contributed by atoms with van der Waals surface area (Å²) in [4.78, 5) is 17.3. The third kappa shape index (κ3) is 5.29. The van der Waals surface area contributed by atoms with Gasteiger partial charge < -0.3 is 5.32 Å². The van der Waals surface area contributed by atoms with Crippen molar-refractivity contribution in [3.63, 3.8) is 0 Å². The van der Waals surface area contributed by atoms with E-state index in [2.05, 4.69) is 15.0 Å². The SMILES string of the molecule is Cc1nc(-c2ccc(NC(=O)[C@@H](NS(=O)(=O)c3ccccc3)C(C)C)cc2)cs1. The Bertz CT molecular complexity index is 1080. The predicted octanol–water partition coefficient (Wildman–Crippen LogP) is 4.06. The molecule has 3 rings (SSSR count). The lowest BCUT2D eigenvalue weighted by Gasteiger charge is -2.21. The van der Waals surface area contributed by atoms with E-state index in [0.717, 1.165) is 16.3 Å². The van der Waals surface area contributed by atoms with Crippen molar-refractivity contribution in [3.05, 3.63) is 65.0 Å². The number of benzene rings is 2. The van der Waals surface area contributed by atoms with Gasteiger partial charge in [-0.1, -0.05) is 44.2 Å². The van der Waals surface area contributed by atoms with Crippen LogP contribution in [0.3, 0.4) is 0 Å². The van der Waals surface area contributed by atoms with E-state index in [9.17, 15) is 13.2 Å². The molecule has 1 aromatic heterocycles. The van der Waals surface area contributed by atoms with Gasteiger partial charge in [0, 0.05) is 16.6 Å². The molecule has 29 heavy (non-hydrogen) atoms. The van der Waals surface area contributed by atoms with Crippen molar-refractivity contribution in [1.29, 1.82) is 0 Å². The van der Waals surface area contributed by atoms with Crippen LogP contribution in [0.4, 0.5) is 5.69 Å². The summed E-state index contributed by atoms with van der Waals surface area (Å²) in [5, 5.41) is 5.77. The van der Waals surface area contributed by atoms with Gasteiger partial charge in [-0.25, -0.2) is 13.4 Å². The summed E-state index contributed by atoms with van der Waals surface area (Å²) in [6.07, 6.45) is 0. The van der Waals surface area contributed by atoms with Gasteiger partial charge in [0.1, 0.15) is 6.04 Å². The molecule has 1 heterocycles. The minimum Gasteiger partial charge on any atom is -0.325 e. The van der Waals surface area contributed by atoms with Crippen LogP contribution in [0.25, 0.3) is 11.3 Å². The molecule has 0 bridgehead atoms. The van der Waals surface area contributed by atoms with Crippen molar-refractivity contribution in [1.82, 2.24) is 9.71 Å². The molecular formula is C21H23N3O3S2. The van der Waals surface area contributed by atoms with Gasteiger partial charge in [0.05, 0.1) is 15.6 Å². The molecule has 0 aliphatic carbocycles. The first-order valence-electron chi connectivity index (χ1n) is 9.17. The van der Waals surface area contributed by atoms with Gasteiger partial charge in [0.25, 0.3) is 0 Å². The van der Waals surface area contributed by atoms with Gasteiger partial charge in [0.15, 0.2) is 0 Å². The average molecular weight is 430 g/mol. The predicted molar refractivity (Wildman–Crippen MR) is 116 cm³/mol. The van der Waals surface area contributed by atoms with E-state index in [1.54, 1.807) is 55.5 Å². The number of aryl methyl sites for hydroxylation is 1. The molecule has 0 aliphatic rings. The summed E-state index contributed by atoms with van der Waals surface area (Å²) in [7, 11) is -3.80. The number of anilines is 1. The molecule has 1 atom stereocenters. The first-order chi connectivity index (χ1) is 13.8. The summed E-state index contributed by atoms with van der Waals surface area (Å²) in [6.45, 7) is 5.54. The average Bonchev–Trinajstić information content (AvgIpc) is 3.13. The first kappa shape index (κ1) is 21.2. The number of thiazole rings is 1. The molecule has 2 N–H and O–H groups in total. The topological polar surface area (TPSA) is 88.2 Å². The molecule has 3 aromatic rings. The van der Waals surface area contributed by atoms with Crippen LogP contribution in [0.15, 0.2) is 64.9 Å². The van der Waals surface area contributed by atoms with Crippen LogP contribution < -0.4 is 10.0 Å². The molecule has 0 fully saturated rings. The van der Waals surface area contributed by atoms with E-state index < -0.39 is 22.0 Å². The summed E-state index contributed by atoms with van der Waals surface area (Å²) in [5.41, 5.74) is 2.44. The Morgan fingerprint density at radius 3 is 2.24 bits per heavy atom. The number of hydrogen-bond acceptors (Lipinski definition) is 5. The highest BCUT2D eigenvalue weighted by Gasteiger charge is 2.28. The van der Waals surface area contributed by atoms with Gasteiger partial charge in [-0.2, -0.15) is 4.72 Å². The molecule has 0 aliphatic heterocycles. The number of sulfonamides is 1. The van der Waals surface area contributed by atoms with Crippen molar-refractivity contribution in [2.75, 3.05) is 5.32 Å². The highest BCUT2D eigenvalue weighted by atomic mass is 32.2. The molecule has 0 radical (unpaired) electrons. The molecule has 1 amide bonds. The second-order valence-electron chi connectivity index (χ2n) is 6.97.